The van der Waals surface area contributed by atoms with Gasteiger partial charge >= 0.3 is 0 Å². The Morgan fingerprint density at radius 3 is 2.78 bits per heavy atom. The quantitative estimate of drug-likeness (QED) is 0.703. The predicted octanol–water partition coefficient (Wildman–Crippen LogP) is 3.12. The molecule has 0 unspecified atom stereocenters. The van der Waals surface area contributed by atoms with Crippen LogP contribution in [0.3, 0.4) is 0 Å². The summed E-state index contributed by atoms with van der Waals surface area (Å²) in [5.41, 5.74) is 0.623. The van der Waals surface area contributed by atoms with E-state index in [0.717, 1.165) is 4.68 Å². The van der Waals surface area contributed by atoms with Gasteiger partial charge < -0.3 is 10.1 Å². The number of carbonyl (C=O) groups is 1. The lowest BCUT2D eigenvalue weighted by Crippen LogP contribution is -2.30. The standard InChI is InChI=1S/C19H19ClN4O3/c1-12(2)11-27-17-8-7-13(9-15(17)20)21-18(25)10-24-19(26)14-5-3-4-6-16(14)22-23-24/h3-9,12H,10-11H2,1-2H3,(H,21,25). The summed E-state index contributed by atoms with van der Waals surface area (Å²) < 4.78 is 6.63. The number of aromatic nitrogens is 3. The van der Waals surface area contributed by atoms with E-state index in [4.69, 9.17) is 16.3 Å². The molecule has 1 N–H and O–H groups in total. The van der Waals surface area contributed by atoms with E-state index in [2.05, 4.69) is 15.6 Å². The second-order valence-electron chi connectivity index (χ2n) is 6.47. The Bertz CT molecular complexity index is 1030. The van der Waals surface area contributed by atoms with Crippen molar-refractivity contribution in [3.05, 3.63) is 57.8 Å². The highest BCUT2D eigenvalue weighted by Gasteiger charge is 2.11. The van der Waals surface area contributed by atoms with Gasteiger partial charge in [0.25, 0.3) is 5.56 Å². The molecule has 0 saturated carbocycles. The number of ether oxygens (including phenoxy) is 1. The Hall–Kier alpha value is -2.93. The summed E-state index contributed by atoms with van der Waals surface area (Å²) in [4.78, 5) is 24.7. The average Bonchev–Trinajstić information content (AvgIpc) is 2.63. The minimum atomic E-state index is -0.409. The minimum Gasteiger partial charge on any atom is -0.492 e. The van der Waals surface area contributed by atoms with Crippen molar-refractivity contribution in [3.8, 4) is 5.75 Å². The van der Waals surface area contributed by atoms with E-state index < -0.39 is 5.91 Å². The first-order valence-corrected chi connectivity index (χ1v) is 8.86. The zero-order chi connectivity index (χ0) is 19.4. The molecule has 1 heterocycles. The van der Waals surface area contributed by atoms with Gasteiger partial charge in [-0.25, -0.2) is 4.68 Å². The van der Waals surface area contributed by atoms with Crippen molar-refractivity contribution < 1.29 is 9.53 Å². The molecule has 1 amide bonds. The third-order valence-electron chi connectivity index (χ3n) is 3.71. The number of amides is 1. The van der Waals surface area contributed by atoms with Crippen LogP contribution in [-0.4, -0.2) is 27.5 Å². The number of nitrogens with zero attached hydrogens (tertiary/aromatic N) is 3. The van der Waals surface area contributed by atoms with Gasteiger partial charge in [-0.15, -0.1) is 5.10 Å². The van der Waals surface area contributed by atoms with Gasteiger partial charge in [-0.1, -0.05) is 42.8 Å². The number of nitrogens with one attached hydrogen (secondary N) is 1. The van der Waals surface area contributed by atoms with Crippen LogP contribution in [0.15, 0.2) is 47.3 Å². The van der Waals surface area contributed by atoms with Gasteiger partial charge in [-0.05, 0) is 36.2 Å². The van der Waals surface area contributed by atoms with Crippen LogP contribution in [0.5, 0.6) is 5.75 Å². The van der Waals surface area contributed by atoms with Gasteiger partial charge in [0.2, 0.25) is 5.91 Å². The summed E-state index contributed by atoms with van der Waals surface area (Å²) in [5.74, 6) is 0.524. The molecule has 0 aliphatic heterocycles. The number of hydrogen-bond acceptors (Lipinski definition) is 5. The molecule has 0 radical (unpaired) electrons. The van der Waals surface area contributed by atoms with Crippen molar-refractivity contribution in [1.29, 1.82) is 0 Å². The third kappa shape index (κ3) is 4.62. The molecule has 3 aromatic rings. The summed E-state index contributed by atoms with van der Waals surface area (Å²) in [7, 11) is 0. The molecular formula is C19H19ClN4O3. The fourth-order valence-electron chi connectivity index (χ4n) is 2.42. The number of anilines is 1. The molecule has 7 nitrogen and oxygen atoms in total. The zero-order valence-corrected chi connectivity index (χ0v) is 15.7. The van der Waals surface area contributed by atoms with E-state index in [9.17, 15) is 9.59 Å². The first-order chi connectivity index (χ1) is 12.9. The highest BCUT2D eigenvalue weighted by Crippen LogP contribution is 2.28. The van der Waals surface area contributed by atoms with E-state index in [1.54, 1.807) is 42.5 Å². The normalized spacial score (nSPS) is 11.0. The van der Waals surface area contributed by atoms with Gasteiger partial charge in [0.05, 0.1) is 17.0 Å². The van der Waals surface area contributed by atoms with E-state index in [1.807, 2.05) is 13.8 Å². The van der Waals surface area contributed by atoms with Crippen molar-refractivity contribution in [1.82, 2.24) is 15.0 Å². The lowest BCUT2D eigenvalue weighted by molar-refractivity contribution is -0.117. The van der Waals surface area contributed by atoms with Gasteiger partial charge in [-0.2, -0.15) is 0 Å². The molecule has 0 saturated heterocycles. The number of benzene rings is 2. The van der Waals surface area contributed by atoms with Gasteiger partial charge in [0.15, 0.2) is 0 Å². The summed E-state index contributed by atoms with van der Waals surface area (Å²) >= 11 is 6.19. The van der Waals surface area contributed by atoms with Crippen molar-refractivity contribution in [2.45, 2.75) is 20.4 Å². The van der Waals surface area contributed by atoms with Gasteiger partial charge in [-0.3, -0.25) is 9.59 Å². The van der Waals surface area contributed by atoms with Gasteiger partial charge in [0, 0.05) is 5.69 Å². The van der Waals surface area contributed by atoms with Crippen LogP contribution < -0.4 is 15.6 Å². The lowest BCUT2D eigenvalue weighted by Gasteiger charge is -2.12. The number of rotatable bonds is 6. The summed E-state index contributed by atoms with van der Waals surface area (Å²) in [6, 6.07) is 11.8. The highest BCUT2D eigenvalue weighted by molar-refractivity contribution is 6.32. The van der Waals surface area contributed by atoms with Crippen LogP contribution >= 0.6 is 11.6 Å². The van der Waals surface area contributed by atoms with Gasteiger partial charge in [0.1, 0.15) is 17.8 Å². The van der Waals surface area contributed by atoms with Crippen LogP contribution in [0, 0.1) is 5.92 Å². The SMILES string of the molecule is CC(C)COc1ccc(NC(=O)Cn2nnc3ccccc3c2=O)cc1Cl. The van der Waals surface area contributed by atoms with Crippen LogP contribution in [-0.2, 0) is 11.3 Å². The zero-order valence-electron chi connectivity index (χ0n) is 15.0. The van der Waals surface area contributed by atoms with Crippen molar-refractivity contribution >= 4 is 34.1 Å². The van der Waals surface area contributed by atoms with Crippen molar-refractivity contribution in [2.24, 2.45) is 5.92 Å². The third-order valence-corrected chi connectivity index (χ3v) is 4.01. The van der Waals surface area contributed by atoms with Crippen LogP contribution in [0.1, 0.15) is 13.8 Å². The van der Waals surface area contributed by atoms with Crippen LogP contribution in [0.25, 0.3) is 10.9 Å². The molecule has 140 valence electrons. The Balaban J connectivity index is 1.70. The molecule has 8 heteroatoms. The molecule has 0 atom stereocenters. The molecular weight excluding hydrogens is 368 g/mol. The monoisotopic (exact) mass is 386 g/mol. The number of hydrogen-bond donors (Lipinski definition) is 1. The maximum absolute atomic E-state index is 12.4. The Morgan fingerprint density at radius 2 is 2.04 bits per heavy atom. The molecule has 2 aromatic carbocycles. The van der Waals surface area contributed by atoms with Crippen LogP contribution in [0.4, 0.5) is 5.69 Å². The number of halogens is 1. The highest BCUT2D eigenvalue weighted by atomic mass is 35.5. The molecule has 27 heavy (non-hydrogen) atoms. The second kappa shape index (κ2) is 8.18. The second-order valence-corrected chi connectivity index (χ2v) is 6.87. The van der Waals surface area contributed by atoms with Crippen molar-refractivity contribution in [2.75, 3.05) is 11.9 Å². The van der Waals surface area contributed by atoms with Crippen LogP contribution in [0.2, 0.25) is 5.02 Å². The Morgan fingerprint density at radius 1 is 1.26 bits per heavy atom. The summed E-state index contributed by atoms with van der Waals surface area (Å²) in [6.07, 6.45) is 0. The van der Waals surface area contributed by atoms with E-state index in [-0.39, 0.29) is 12.1 Å². The Labute approximate surface area is 160 Å². The van der Waals surface area contributed by atoms with E-state index in [0.29, 0.717) is 39.9 Å². The maximum atomic E-state index is 12.4. The fourth-order valence-corrected chi connectivity index (χ4v) is 2.65. The molecule has 0 spiro atoms. The topological polar surface area (TPSA) is 86.1 Å². The molecule has 0 fully saturated rings. The summed E-state index contributed by atoms with van der Waals surface area (Å²) in [6.45, 7) is 4.38. The average molecular weight is 387 g/mol. The molecule has 0 aliphatic carbocycles. The molecule has 0 bridgehead atoms. The van der Waals surface area contributed by atoms with E-state index >= 15 is 0 Å². The number of carbonyl (C=O) groups excluding carboxylic acids is 1. The van der Waals surface area contributed by atoms with E-state index in [1.165, 1.54) is 0 Å². The molecule has 0 aliphatic rings. The smallest absolute Gasteiger partial charge is 0.278 e. The molecule has 1 aromatic heterocycles. The Kier molecular flexibility index (Phi) is 5.71. The lowest BCUT2D eigenvalue weighted by atomic mass is 10.2. The largest absolute Gasteiger partial charge is 0.492 e. The van der Waals surface area contributed by atoms with Crippen molar-refractivity contribution in [3.63, 3.8) is 0 Å². The maximum Gasteiger partial charge on any atom is 0.278 e. The first-order valence-electron chi connectivity index (χ1n) is 8.49. The fraction of sp³-hybridized carbons (Fsp3) is 0.263. The number of fused-ring (bicyclic) bond motifs is 1. The first kappa shape index (κ1) is 18.8. The summed E-state index contributed by atoms with van der Waals surface area (Å²) in [5, 5.41) is 11.3. The minimum absolute atomic E-state index is 0.250. The molecule has 3 rings (SSSR count). The predicted molar refractivity (Wildman–Crippen MR) is 104 cm³/mol.